The summed E-state index contributed by atoms with van der Waals surface area (Å²) in [7, 11) is 0. The average molecular weight is 276 g/mol. The van der Waals surface area contributed by atoms with E-state index in [1.807, 2.05) is 0 Å². The Morgan fingerprint density at radius 3 is 2.45 bits per heavy atom. The molecule has 5 heteroatoms. The molecule has 0 unspecified atom stereocenters. The van der Waals surface area contributed by atoms with Gasteiger partial charge in [-0.3, -0.25) is 0 Å². The lowest BCUT2D eigenvalue weighted by atomic mass is 9.98. The van der Waals surface area contributed by atoms with Crippen LogP contribution in [0, 0.1) is 0 Å². The van der Waals surface area contributed by atoms with E-state index in [0.717, 1.165) is 18.7 Å². The first-order valence-electron chi connectivity index (χ1n) is 7.86. The summed E-state index contributed by atoms with van der Waals surface area (Å²) in [5.74, 6) is 1.28. The Labute approximate surface area is 120 Å². The molecule has 2 saturated carbocycles. The monoisotopic (exact) mass is 276 g/mol. The van der Waals surface area contributed by atoms with Gasteiger partial charge in [0.15, 0.2) is 5.82 Å². The maximum absolute atomic E-state index is 6.17. The number of nitrogens with zero attached hydrogens (tertiary/aromatic N) is 2. The first kappa shape index (κ1) is 13.5. The molecule has 2 fully saturated rings. The number of anilines is 2. The number of nitrogens with one attached hydrogen (secondary N) is 1. The van der Waals surface area contributed by atoms with Crippen molar-refractivity contribution in [3.05, 3.63) is 6.33 Å². The van der Waals surface area contributed by atoms with E-state index in [2.05, 4.69) is 15.3 Å². The molecule has 0 aliphatic heterocycles. The topological polar surface area (TPSA) is 73.1 Å². The van der Waals surface area contributed by atoms with Crippen LogP contribution in [0.4, 0.5) is 11.5 Å². The Morgan fingerprint density at radius 1 is 1.00 bits per heavy atom. The third-order valence-electron chi connectivity index (χ3n) is 4.37. The average Bonchev–Trinajstić information content (AvgIpc) is 2.97. The van der Waals surface area contributed by atoms with Crippen molar-refractivity contribution in [3.63, 3.8) is 0 Å². The quantitative estimate of drug-likeness (QED) is 0.884. The van der Waals surface area contributed by atoms with Crippen LogP contribution in [0.3, 0.4) is 0 Å². The Bertz CT molecular complexity index is 439. The van der Waals surface area contributed by atoms with Gasteiger partial charge in [-0.2, -0.15) is 4.98 Å². The predicted octanol–water partition coefficient (Wildman–Crippen LogP) is 3.12. The summed E-state index contributed by atoms with van der Waals surface area (Å²) >= 11 is 0. The third-order valence-corrected chi connectivity index (χ3v) is 4.37. The molecule has 0 spiro atoms. The maximum Gasteiger partial charge on any atom is 0.242 e. The summed E-state index contributed by atoms with van der Waals surface area (Å²) in [5.41, 5.74) is 6.73. The molecule has 0 atom stereocenters. The van der Waals surface area contributed by atoms with Crippen molar-refractivity contribution in [2.75, 3.05) is 11.1 Å². The van der Waals surface area contributed by atoms with Gasteiger partial charge in [0.25, 0.3) is 0 Å². The van der Waals surface area contributed by atoms with E-state index < -0.39 is 0 Å². The van der Waals surface area contributed by atoms with Gasteiger partial charge >= 0.3 is 0 Å². The molecule has 1 heterocycles. The molecule has 0 aromatic carbocycles. The fourth-order valence-corrected chi connectivity index (χ4v) is 3.19. The zero-order valence-electron chi connectivity index (χ0n) is 12.0. The van der Waals surface area contributed by atoms with Crippen LogP contribution in [0.2, 0.25) is 0 Å². The third kappa shape index (κ3) is 3.14. The van der Waals surface area contributed by atoms with Gasteiger partial charge in [0.1, 0.15) is 18.1 Å². The lowest BCUT2D eigenvalue weighted by Crippen LogP contribution is -2.22. The molecule has 1 aromatic heterocycles. The van der Waals surface area contributed by atoms with Gasteiger partial charge in [-0.05, 0) is 38.5 Å². The van der Waals surface area contributed by atoms with Crippen LogP contribution < -0.4 is 15.8 Å². The number of nitrogen functional groups attached to an aromatic ring is 1. The van der Waals surface area contributed by atoms with Gasteiger partial charge in [-0.15, -0.1) is 0 Å². The summed E-state index contributed by atoms with van der Waals surface area (Å²) < 4.78 is 5.98. The smallest absolute Gasteiger partial charge is 0.242 e. The van der Waals surface area contributed by atoms with Crippen molar-refractivity contribution in [1.29, 1.82) is 0 Å². The molecule has 0 radical (unpaired) electrons. The SMILES string of the molecule is Nc1c(NC2CCCC2)ncnc1OC1CCCCC1. The summed E-state index contributed by atoms with van der Waals surface area (Å²) in [6.07, 6.45) is 12.8. The van der Waals surface area contributed by atoms with Crippen molar-refractivity contribution in [2.24, 2.45) is 0 Å². The van der Waals surface area contributed by atoms with E-state index in [1.165, 1.54) is 44.9 Å². The van der Waals surface area contributed by atoms with E-state index in [0.29, 0.717) is 17.6 Å². The summed E-state index contributed by atoms with van der Waals surface area (Å²) in [5, 5.41) is 3.43. The molecule has 0 bridgehead atoms. The molecule has 20 heavy (non-hydrogen) atoms. The van der Waals surface area contributed by atoms with Gasteiger partial charge in [0, 0.05) is 6.04 Å². The Kier molecular flexibility index (Phi) is 4.23. The number of hydrogen-bond donors (Lipinski definition) is 2. The molecular formula is C15H24N4O. The highest BCUT2D eigenvalue weighted by Crippen LogP contribution is 2.31. The second-order valence-electron chi connectivity index (χ2n) is 5.94. The zero-order valence-corrected chi connectivity index (χ0v) is 12.0. The molecule has 0 saturated heterocycles. The minimum Gasteiger partial charge on any atom is -0.473 e. The van der Waals surface area contributed by atoms with E-state index in [9.17, 15) is 0 Å². The summed E-state index contributed by atoms with van der Waals surface area (Å²) in [6, 6.07) is 0.495. The Morgan fingerprint density at radius 2 is 1.70 bits per heavy atom. The van der Waals surface area contributed by atoms with Gasteiger partial charge in [0.2, 0.25) is 5.88 Å². The fourth-order valence-electron chi connectivity index (χ4n) is 3.19. The van der Waals surface area contributed by atoms with Crippen molar-refractivity contribution < 1.29 is 4.74 Å². The molecule has 3 N–H and O–H groups in total. The van der Waals surface area contributed by atoms with Crippen LogP contribution in [0.15, 0.2) is 6.33 Å². The van der Waals surface area contributed by atoms with E-state index in [4.69, 9.17) is 10.5 Å². The molecule has 2 aliphatic rings. The molecule has 0 amide bonds. The highest BCUT2D eigenvalue weighted by atomic mass is 16.5. The van der Waals surface area contributed by atoms with Crippen LogP contribution in [-0.2, 0) is 0 Å². The maximum atomic E-state index is 6.17. The van der Waals surface area contributed by atoms with Crippen LogP contribution in [0.5, 0.6) is 5.88 Å². The van der Waals surface area contributed by atoms with Gasteiger partial charge in [-0.25, -0.2) is 4.98 Å². The van der Waals surface area contributed by atoms with Crippen LogP contribution >= 0.6 is 0 Å². The lowest BCUT2D eigenvalue weighted by molar-refractivity contribution is 0.149. The summed E-state index contributed by atoms with van der Waals surface area (Å²) in [6.45, 7) is 0. The Balaban J connectivity index is 1.67. The van der Waals surface area contributed by atoms with E-state index in [-0.39, 0.29) is 6.10 Å². The second kappa shape index (κ2) is 6.29. The first-order valence-corrected chi connectivity index (χ1v) is 7.86. The number of aromatic nitrogens is 2. The number of ether oxygens (including phenoxy) is 1. The van der Waals surface area contributed by atoms with Gasteiger partial charge in [-0.1, -0.05) is 19.3 Å². The largest absolute Gasteiger partial charge is 0.473 e. The molecule has 3 rings (SSSR count). The minimum atomic E-state index is 0.264. The highest BCUT2D eigenvalue weighted by molar-refractivity contribution is 5.66. The molecule has 110 valence electrons. The van der Waals surface area contributed by atoms with E-state index >= 15 is 0 Å². The normalized spacial score (nSPS) is 21.0. The minimum absolute atomic E-state index is 0.264. The van der Waals surface area contributed by atoms with Crippen molar-refractivity contribution in [1.82, 2.24) is 9.97 Å². The van der Waals surface area contributed by atoms with Crippen LogP contribution in [0.25, 0.3) is 0 Å². The van der Waals surface area contributed by atoms with Gasteiger partial charge in [0.05, 0.1) is 0 Å². The zero-order chi connectivity index (χ0) is 13.8. The standard InChI is InChI=1S/C15H24N4O/c16-13-14(19-11-6-4-5-7-11)17-10-18-15(13)20-12-8-2-1-3-9-12/h10-12H,1-9,16H2,(H,17,18,19). The second-order valence-corrected chi connectivity index (χ2v) is 5.94. The Hall–Kier alpha value is -1.52. The molecule has 2 aliphatic carbocycles. The molecular weight excluding hydrogens is 252 g/mol. The number of rotatable bonds is 4. The summed E-state index contributed by atoms with van der Waals surface area (Å²) in [4.78, 5) is 8.48. The fraction of sp³-hybridized carbons (Fsp3) is 0.733. The van der Waals surface area contributed by atoms with Gasteiger partial charge < -0.3 is 15.8 Å². The van der Waals surface area contributed by atoms with Crippen LogP contribution in [0.1, 0.15) is 57.8 Å². The van der Waals surface area contributed by atoms with Crippen molar-refractivity contribution >= 4 is 11.5 Å². The van der Waals surface area contributed by atoms with Crippen LogP contribution in [-0.4, -0.2) is 22.1 Å². The number of hydrogen-bond acceptors (Lipinski definition) is 5. The predicted molar refractivity (Wildman–Crippen MR) is 79.8 cm³/mol. The molecule has 1 aromatic rings. The van der Waals surface area contributed by atoms with E-state index in [1.54, 1.807) is 6.33 Å². The van der Waals surface area contributed by atoms with Crippen molar-refractivity contribution in [2.45, 2.75) is 69.9 Å². The number of nitrogens with two attached hydrogens (primary N) is 1. The van der Waals surface area contributed by atoms with Crippen molar-refractivity contribution in [3.8, 4) is 5.88 Å². The highest BCUT2D eigenvalue weighted by Gasteiger charge is 2.20. The first-order chi connectivity index (χ1) is 9.83. The lowest BCUT2D eigenvalue weighted by Gasteiger charge is -2.23. The molecule has 5 nitrogen and oxygen atoms in total.